The van der Waals surface area contributed by atoms with E-state index in [1.807, 2.05) is 24.3 Å². The molecule has 0 saturated carbocycles. The molecular weight excluding hydrogens is 485 g/mol. The molecule has 1 aromatic heterocycles. The topological polar surface area (TPSA) is 65.7 Å². The van der Waals surface area contributed by atoms with Gasteiger partial charge in [-0.05, 0) is 54.3 Å². The number of benzene rings is 3. The highest BCUT2D eigenvalue weighted by Gasteiger charge is 2.40. The minimum Gasteiger partial charge on any atom is -0.449 e. The van der Waals surface area contributed by atoms with Gasteiger partial charge in [0.2, 0.25) is 11.2 Å². The van der Waals surface area contributed by atoms with Crippen LogP contribution >= 0.6 is 0 Å². The van der Waals surface area contributed by atoms with Gasteiger partial charge in [-0.3, -0.25) is 4.79 Å². The Bertz CT molecular complexity index is 1510. The van der Waals surface area contributed by atoms with E-state index >= 15 is 0 Å². The average Bonchev–Trinajstić information content (AvgIpc) is 2.85. The van der Waals surface area contributed by atoms with E-state index in [4.69, 9.17) is 13.9 Å². The number of hydrogen-bond donors (Lipinski definition) is 0. The molecule has 0 radical (unpaired) electrons. The number of fused-ring (bicyclic) bond motifs is 1. The molecule has 0 aliphatic heterocycles. The first kappa shape index (κ1) is 25.8. The molecule has 8 heteroatoms. The molecule has 190 valence electrons. The van der Waals surface area contributed by atoms with E-state index in [2.05, 4.69) is 13.8 Å². The summed E-state index contributed by atoms with van der Waals surface area (Å²) in [6.45, 7) is 5.95. The summed E-state index contributed by atoms with van der Waals surface area (Å²) < 4.78 is 56.8. The molecule has 3 aromatic carbocycles. The number of ether oxygens (including phenoxy) is 2. The summed E-state index contributed by atoms with van der Waals surface area (Å²) >= 11 is 0. The van der Waals surface area contributed by atoms with Gasteiger partial charge in [-0.2, -0.15) is 13.2 Å². The Labute approximate surface area is 210 Å². The number of alkyl halides is 3. The number of esters is 1. The lowest BCUT2D eigenvalue weighted by Crippen LogP contribution is -2.15. The summed E-state index contributed by atoms with van der Waals surface area (Å²) in [6.07, 6.45) is -2.25. The van der Waals surface area contributed by atoms with E-state index < -0.39 is 34.7 Å². The minimum absolute atomic E-state index is 0.0546. The summed E-state index contributed by atoms with van der Waals surface area (Å²) in [4.78, 5) is 25.2. The molecular formula is C29H23F3O5. The molecule has 0 spiro atoms. The van der Waals surface area contributed by atoms with Crippen molar-refractivity contribution in [1.29, 1.82) is 0 Å². The first-order valence-corrected chi connectivity index (χ1v) is 11.4. The molecule has 1 heterocycles. The molecule has 0 unspecified atom stereocenters. The van der Waals surface area contributed by atoms with Gasteiger partial charge in [0.1, 0.15) is 17.1 Å². The van der Waals surface area contributed by atoms with Crippen molar-refractivity contribution in [2.75, 3.05) is 0 Å². The maximum Gasteiger partial charge on any atom is 0.453 e. The Morgan fingerprint density at radius 2 is 1.59 bits per heavy atom. The average molecular weight is 508 g/mol. The normalized spacial score (nSPS) is 11.9. The first-order chi connectivity index (χ1) is 17.5. The molecule has 4 rings (SSSR count). The van der Waals surface area contributed by atoms with Gasteiger partial charge in [0, 0.05) is 12.1 Å². The van der Waals surface area contributed by atoms with Crippen molar-refractivity contribution >= 4 is 23.0 Å². The largest absolute Gasteiger partial charge is 0.453 e. The smallest absolute Gasteiger partial charge is 0.449 e. The van der Waals surface area contributed by atoms with Gasteiger partial charge in [-0.25, -0.2) is 4.79 Å². The molecule has 0 bridgehead atoms. The lowest BCUT2D eigenvalue weighted by molar-refractivity contribution is -0.154. The van der Waals surface area contributed by atoms with E-state index in [0.717, 1.165) is 22.8 Å². The Hall–Kier alpha value is -4.33. The fourth-order valence-electron chi connectivity index (χ4n) is 3.53. The van der Waals surface area contributed by atoms with E-state index in [9.17, 15) is 22.8 Å². The van der Waals surface area contributed by atoms with Crippen LogP contribution in [0.25, 0.3) is 17.0 Å². The predicted molar refractivity (Wildman–Crippen MR) is 134 cm³/mol. The lowest BCUT2D eigenvalue weighted by atomic mass is 10.0. The van der Waals surface area contributed by atoms with Gasteiger partial charge in [-0.15, -0.1) is 0 Å². The zero-order valence-electron chi connectivity index (χ0n) is 20.3. The second-order valence-corrected chi connectivity index (χ2v) is 8.74. The van der Waals surface area contributed by atoms with Crippen LogP contribution in [-0.4, -0.2) is 5.97 Å². The van der Waals surface area contributed by atoms with Crippen molar-refractivity contribution in [2.24, 2.45) is 0 Å². The summed E-state index contributed by atoms with van der Waals surface area (Å²) in [5.74, 6) is -2.96. The molecule has 0 aliphatic carbocycles. The van der Waals surface area contributed by atoms with Crippen molar-refractivity contribution in [3.63, 3.8) is 0 Å². The van der Waals surface area contributed by atoms with Crippen molar-refractivity contribution in [3.05, 3.63) is 105 Å². The minimum atomic E-state index is -5.01. The lowest BCUT2D eigenvalue weighted by Gasteiger charge is -2.13. The van der Waals surface area contributed by atoms with Gasteiger partial charge >= 0.3 is 12.1 Å². The van der Waals surface area contributed by atoms with Crippen LogP contribution in [0, 0.1) is 6.92 Å². The molecule has 4 aromatic rings. The number of halogens is 3. The van der Waals surface area contributed by atoms with Gasteiger partial charge in [0.15, 0.2) is 0 Å². The Morgan fingerprint density at radius 1 is 0.946 bits per heavy atom. The maximum atomic E-state index is 13.8. The predicted octanol–water partition coefficient (Wildman–Crippen LogP) is 7.65. The molecule has 0 amide bonds. The summed E-state index contributed by atoms with van der Waals surface area (Å²) in [7, 11) is 0. The van der Waals surface area contributed by atoms with Crippen LogP contribution in [0.3, 0.4) is 0 Å². The second kappa shape index (κ2) is 10.3. The fourth-order valence-corrected chi connectivity index (χ4v) is 3.53. The number of aryl methyl sites for hydroxylation is 1. The zero-order chi connectivity index (χ0) is 26.7. The molecule has 5 nitrogen and oxygen atoms in total. The number of carbonyl (C=O) groups excluding carboxylic acids is 1. The molecule has 0 saturated heterocycles. The highest BCUT2D eigenvalue weighted by molar-refractivity contribution is 5.89. The summed E-state index contributed by atoms with van der Waals surface area (Å²) in [6, 6.07) is 17.4. The number of hydrogen-bond acceptors (Lipinski definition) is 5. The molecule has 37 heavy (non-hydrogen) atoms. The van der Waals surface area contributed by atoms with E-state index in [1.165, 1.54) is 30.3 Å². The van der Waals surface area contributed by atoms with Crippen molar-refractivity contribution in [1.82, 2.24) is 0 Å². The monoisotopic (exact) mass is 508 g/mol. The van der Waals surface area contributed by atoms with Crippen LogP contribution in [0.4, 0.5) is 13.2 Å². The maximum absolute atomic E-state index is 13.8. The van der Waals surface area contributed by atoms with E-state index in [1.54, 1.807) is 25.1 Å². The van der Waals surface area contributed by atoms with Gasteiger partial charge in [-0.1, -0.05) is 55.8 Å². The third-order valence-electron chi connectivity index (χ3n) is 5.55. The number of rotatable bonds is 6. The Kier molecular flexibility index (Phi) is 7.20. The van der Waals surface area contributed by atoms with E-state index in [0.29, 0.717) is 5.92 Å². The van der Waals surface area contributed by atoms with E-state index in [-0.39, 0.29) is 16.9 Å². The Morgan fingerprint density at radius 3 is 2.22 bits per heavy atom. The van der Waals surface area contributed by atoms with Gasteiger partial charge in [0.25, 0.3) is 5.76 Å². The zero-order valence-corrected chi connectivity index (χ0v) is 20.3. The first-order valence-electron chi connectivity index (χ1n) is 11.4. The van der Waals surface area contributed by atoms with Crippen LogP contribution < -0.4 is 14.9 Å². The van der Waals surface area contributed by atoms with Gasteiger partial charge in [0.05, 0.1) is 5.39 Å². The van der Waals surface area contributed by atoms with Crippen LogP contribution in [0.15, 0.2) is 82.0 Å². The van der Waals surface area contributed by atoms with Gasteiger partial charge < -0.3 is 13.9 Å². The fraction of sp³-hybridized carbons (Fsp3) is 0.172. The van der Waals surface area contributed by atoms with Crippen LogP contribution in [0.5, 0.6) is 17.2 Å². The van der Waals surface area contributed by atoms with Crippen molar-refractivity contribution in [2.45, 2.75) is 32.9 Å². The molecule has 0 atom stereocenters. The molecule has 0 N–H and O–H groups in total. The second-order valence-electron chi connectivity index (χ2n) is 8.74. The summed E-state index contributed by atoms with van der Waals surface area (Å²) in [5.41, 5.74) is 1.41. The highest BCUT2D eigenvalue weighted by Crippen LogP contribution is 2.38. The SMILES string of the molecule is Cc1ccc(Oc2c(C(F)(F)F)oc3cc(OC(=O)C=Cc4ccc(C(C)C)cc4)ccc3c2=O)cc1. The third-order valence-corrected chi connectivity index (χ3v) is 5.55. The Balaban J connectivity index is 1.61. The quantitative estimate of drug-likeness (QED) is 0.152. The molecule has 0 aliphatic rings. The standard InChI is InChI=1S/C29H23F3O5/c1-17(2)20-9-6-19(7-10-20)8-15-25(33)35-22-13-14-23-24(16-22)37-28(29(30,31)32)27(26(23)34)36-21-11-4-18(3)5-12-21/h4-17H,1-3H3. The van der Waals surface area contributed by atoms with Crippen LogP contribution in [-0.2, 0) is 11.0 Å². The van der Waals surface area contributed by atoms with Crippen LogP contribution in [0.2, 0.25) is 0 Å². The third kappa shape index (κ3) is 6.09. The number of carbonyl (C=O) groups is 1. The summed E-state index contributed by atoms with van der Waals surface area (Å²) in [5, 5.41) is -0.157. The van der Waals surface area contributed by atoms with Crippen molar-refractivity contribution < 1.29 is 31.9 Å². The molecule has 0 fully saturated rings. The highest BCUT2D eigenvalue weighted by atomic mass is 19.4. The van der Waals surface area contributed by atoms with Crippen LogP contribution in [0.1, 0.15) is 42.2 Å². The van der Waals surface area contributed by atoms with Crippen molar-refractivity contribution in [3.8, 4) is 17.2 Å².